The second kappa shape index (κ2) is 13.9. The van der Waals surface area contributed by atoms with Crippen molar-refractivity contribution in [2.24, 2.45) is 4.99 Å². The number of aliphatic imine (C=N–C) groups is 1. The summed E-state index contributed by atoms with van der Waals surface area (Å²) in [5.41, 5.74) is 8.61. The molecule has 2 aromatic carbocycles. The molecule has 0 fully saturated rings. The van der Waals surface area contributed by atoms with E-state index in [2.05, 4.69) is 98.7 Å². The molecule has 4 nitrogen and oxygen atoms in total. The highest BCUT2D eigenvalue weighted by atomic mass is 15.1. The molecule has 0 atom stereocenters. The highest BCUT2D eigenvalue weighted by Gasteiger charge is 2.11. The number of aromatic nitrogens is 2. The van der Waals surface area contributed by atoms with Crippen LogP contribution in [0.25, 0.3) is 17.1 Å². The third kappa shape index (κ3) is 8.56. The van der Waals surface area contributed by atoms with E-state index in [9.17, 15) is 0 Å². The average molecular weight is 469 g/mol. The molecule has 1 heterocycles. The smallest absolute Gasteiger partial charge is 0.144 e. The lowest BCUT2D eigenvalue weighted by atomic mass is 10.0. The predicted molar refractivity (Wildman–Crippen MR) is 152 cm³/mol. The van der Waals surface area contributed by atoms with Crippen LogP contribution in [-0.4, -0.2) is 21.8 Å². The summed E-state index contributed by atoms with van der Waals surface area (Å²) < 4.78 is 2.18. The first kappa shape index (κ1) is 27.6. The molecule has 0 radical (unpaired) electrons. The van der Waals surface area contributed by atoms with Crippen LogP contribution in [0.15, 0.2) is 95.5 Å². The maximum absolute atomic E-state index is 4.53. The van der Waals surface area contributed by atoms with Crippen LogP contribution in [0.4, 0.5) is 0 Å². The molecule has 3 aromatic rings. The number of benzene rings is 2. The standard InChI is InChI=1S/C18H18N2.C13H22N2/c1-13-11-14(2)17(15(3)12-13)20-10-9-19-18(20)16-7-5-4-6-8-16;1-6-8-12(4)13(5)15-10-7-9-14-11(2)3/h4-12H,1-3H3;6-11,15H,1-5H3/b;8-6-,10-7-,13-12+,14-9?. The molecule has 184 valence electrons. The second-order valence-electron chi connectivity index (χ2n) is 8.94. The van der Waals surface area contributed by atoms with E-state index in [1.165, 1.54) is 28.0 Å². The van der Waals surface area contributed by atoms with Crippen molar-refractivity contribution in [2.75, 3.05) is 0 Å². The number of nitrogens with zero attached hydrogens (tertiary/aromatic N) is 3. The topological polar surface area (TPSA) is 42.2 Å². The fourth-order valence-electron chi connectivity index (χ4n) is 3.76. The van der Waals surface area contributed by atoms with Gasteiger partial charge in [0.25, 0.3) is 0 Å². The molecule has 0 unspecified atom stereocenters. The van der Waals surface area contributed by atoms with E-state index in [0.29, 0.717) is 6.04 Å². The number of rotatable bonds is 7. The van der Waals surface area contributed by atoms with Crippen LogP contribution in [0, 0.1) is 20.8 Å². The second-order valence-corrected chi connectivity index (χ2v) is 8.94. The SMILES string of the molecule is C/C=C\C(C)=C(/C)N/C=C\C=NC(C)C.Cc1cc(C)c(-n2ccnc2-c2ccccc2)c(C)c1. The lowest BCUT2D eigenvalue weighted by Gasteiger charge is -2.15. The Morgan fingerprint density at radius 1 is 1.03 bits per heavy atom. The van der Waals surface area contributed by atoms with Crippen LogP contribution in [0.3, 0.4) is 0 Å². The first-order chi connectivity index (χ1) is 16.7. The minimum atomic E-state index is 0.357. The minimum absolute atomic E-state index is 0.357. The Morgan fingerprint density at radius 3 is 2.29 bits per heavy atom. The number of hydrogen-bond acceptors (Lipinski definition) is 3. The molecule has 0 saturated carbocycles. The number of aryl methyl sites for hydroxylation is 3. The molecule has 0 spiro atoms. The van der Waals surface area contributed by atoms with Gasteiger partial charge in [-0.1, -0.05) is 60.2 Å². The van der Waals surface area contributed by atoms with Crippen molar-refractivity contribution >= 4 is 6.21 Å². The molecule has 1 N–H and O–H groups in total. The first-order valence-electron chi connectivity index (χ1n) is 12.2. The van der Waals surface area contributed by atoms with Crippen LogP contribution < -0.4 is 5.32 Å². The summed E-state index contributed by atoms with van der Waals surface area (Å²) in [5, 5.41) is 3.20. The third-order valence-electron chi connectivity index (χ3n) is 5.42. The lowest BCUT2D eigenvalue weighted by molar-refractivity contribution is 0.841. The largest absolute Gasteiger partial charge is 0.365 e. The lowest BCUT2D eigenvalue weighted by Crippen LogP contribution is -2.03. The number of imidazole rings is 1. The molecule has 0 bridgehead atoms. The zero-order chi connectivity index (χ0) is 25.8. The summed E-state index contributed by atoms with van der Waals surface area (Å²) in [6.45, 7) is 16.7. The highest BCUT2D eigenvalue weighted by Crippen LogP contribution is 2.26. The van der Waals surface area contributed by atoms with Gasteiger partial charge in [0, 0.05) is 42.1 Å². The van der Waals surface area contributed by atoms with Crippen molar-refractivity contribution in [1.29, 1.82) is 0 Å². The van der Waals surface area contributed by atoms with Gasteiger partial charge in [0.15, 0.2) is 0 Å². The van der Waals surface area contributed by atoms with Crippen molar-refractivity contribution in [3.63, 3.8) is 0 Å². The Kier molecular flexibility index (Phi) is 11.0. The van der Waals surface area contributed by atoms with Gasteiger partial charge in [0.1, 0.15) is 5.82 Å². The van der Waals surface area contributed by atoms with Crippen molar-refractivity contribution in [1.82, 2.24) is 14.9 Å². The van der Waals surface area contributed by atoms with E-state index in [1.807, 2.05) is 62.1 Å². The monoisotopic (exact) mass is 468 g/mol. The van der Waals surface area contributed by atoms with Crippen molar-refractivity contribution < 1.29 is 0 Å². The minimum Gasteiger partial charge on any atom is -0.365 e. The van der Waals surface area contributed by atoms with Crippen LogP contribution in [-0.2, 0) is 0 Å². The van der Waals surface area contributed by atoms with E-state index in [0.717, 1.165) is 17.1 Å². The van der Waals surface area contributed by atoms with Crippen molar-refractivity contribution in [3.8, 4) is 17.1 Å². The van der Waals surface area contributed by atoms with E-state index in [-0.39, 0.29) is 0 Å². The highest BCUT2D eigenvalue weighted by molar-refractivity contribution is 5.71. The van der Waals surface area contributed by atoms with E-state index in [4.69, 9.17) is 0 Å². The molecule has 4 heteroatoms. The fraction of sp³-hybridized carbons (Fsp3) is 0.290. The van der Waals surface area contributed by atoms with E-state index >= 15 is 0 Å². The Labute approximate surface area is 211 Å². The van der Waals surface area contributed by atoms with Crippen LogP contribution in [0.1, 0.15) is 51.3 Å². The summed E-state index contributed by atoms with van der Waals surface area (Å²) in [6, 6.07) is 15.1. The normalized spacial score (nSPS) is 12.4. The van der Waals surface area contributed by atoms with Crippen molar-refractivity contribution in [3.05, 3.63) is 107 Å². The quantitative estimate of drug-likeness (QED) is 0.283. The maximum Gasteiger partial charge on any atom is 0.144 e. The summed E-state index contributed by atoms with van der Waals surface area (Å²) in [7, 11) is 0. The molecule has 0 aliphatic rings. The van der Waals surface area contributed by atoms with Crippen molar-refractivity contribution in [2.45, 2.75) is 61.4 Å². The molecule has 35 heavy (non-hydrogen) atoms. The van der Waals surface area contributed by atoms with Gasteiger partial charge in [-0.25, -0.2) is 4.98 Å². The maximum atomic E-state index is 4.53. The van der Waals surface area contributed by atoms with Gasteiger partial charge < -0.3 is 5.32 Å². The first-order valence-corrected chi connectivity index (χ1v) is 12.2. The Bertz CT molecular complexity index is 1170. The molecule has 0 saturated heterocycles. The Hall–Kier alpha value is -3.66. The molecular formula is C31H40N4. The third-order valence-corrected chi connectivity index (χ3v) is 5.42. The van der Waals surface area contributed by atoms with Gasteiger partial charge in [-0.2, -0.15) is 0 Å². The van der Waals surface area contributed by atoms with Gasteiger partial charge in [0.2, 0.25) is 0 Å². The molecule has 1 aromatic heterocycles. The zero-order valence-corrected chi connectivity index (χ0v) is 22.5. The van der Waals surface area contributed by atoms with Gasteiger partial charge in [-0.3, -0.25) is 9.56 Å². The molecule has 0 aliphatic carbocycles. The zero-order valence-electron chi connectivity index (χ0n) is 22.5. The fourth-order valence-corrected chi connectivity index (χ4v) is 3.76. The average Bonchev–Trinajstić information content (AvgIpc) is 3.28. The summed E-state index contributed by atoms with van der Waals surface area (Å²) >= 11 is 0. The molecular weight excluding hydrogens is 428 g/mol. The Balaban J connectivity index is 0.000000260. The van der Waals surface area contributed by atoms with Crippen LogP contribution in [0.5, 0.6) is 0 Å². The van der Waals surface area contributed by atoms with Crippen LogP contribution >= 0.6 is 0 Å². The molecule has 0 aliphatic heterocycles. The van der Waals surface area contributed by atoms with Gasteiger partial charge in [0.05, 0.1) is 5.69 Å². The van der Waals surface area contributed by atoms with Gasteiger partial charge >= 0.3 is 0 Å². The van der Waals surface area contributed by atoms with E-state index < -0.39 is 0 Å². The van der Waals surface area contributed by atoms with Crippen LogP contribution in [0.2, 0.25) is 0 Å². The summed E-state index contributed by atoms with van der Waals surface area (Å²) in [6.07, 6.45) is 13.6. The number of hydrogen-bond donors (Lipinski definition) is 1. The number of allylic oxidation sites excluding steroid dienone is 5. The summed E-state index contributed by atoms with van der Waals surface area (Å²) in [5.74, 6) is 0.987. The summed E-state index contributed by atoms with van der Waals surface area (Å²) in [4.78, 5) is 8.75. The molecule has 0 amide bonds. The predicted octanol–water partition coefficient (Wildman–Crippen LogP) is 7.90. The Morgan fingerprint density at radius 2 is 1.69 bits per heavy atom. The van der Waals surface area contributed by atoms with E-state index in [1.54, 1.807) is 0 Å². The van der Waals surface area contributed by atoms with Gasteiger partial charge in [-0.05, 0) is 78.2 Å². The molecule has 3 rings (SSSR count). The van der Waals surface area contributed by atoms with Gasteiger partial charge in [-0.15, -0.1) is 0 Å². The number of nitrogens with one attached hydrogen (secondary N) is 1.